The molecule has 2 fully saturated rings. The van der Waals surface area contributed by atoms with Crippen molar-refractivity contribution in [3.63, 3.8) is 0 Å². The number of nitrogens with zero attached hydrogens (tertiary/aromatic N) is 2. The SMILES string of the molecule is Fc1ccc(CN2CC3(C[C@H](OCc4cccnc4)CS3)C2)cc1F. The molecule has 0 N–H and O–H groups in total. The molecule has 1 atom stereocenters. The van der Waals surface area contributed by atoms with Gasteiger partial charge in [0.25, 0.3) is 0 Å². The summed E-state index contributed by atoms with van der Waals surface area (Å²) in [6, 6.07) is 8.10. The van der Waals surface area contributed by atoms with E-state index in [0.29, 0.717) is 13.2 Å². The number of pyridine rings is 1. The Morgan fingerprint density at radius 2 is 2.08 bits per heavy atom. The van der Waals surface area contributed by atoms with Crippen molar-refractivity contribution in [2.45, 2.75) is 30.4 Å². The molecule has 25 heavy (non-hydrogen) atoms. The van der Waals surface area contributed by atoms with E-state index in [2.05, 4.69) is 9.88 Å². The number of thioether (sulfide) groups is 1. The van der Waals surface area contributed by atoms with E-state index in [1.165, 1.54) is 12.1 Å². The van der Waals surface area contributed by atoms with E-state index >= 15 is 0 Å². The molecule has 0 aliphatic carbocycles. The first-order valence-corrected chi connectivity index (χ1v) is 9.41. The average molecular weight is 362 g/mol. The highest BCUT2D eigenvalue weighted by Gasteiger charge is 2.49. The van der Waals surface area contributed by atoms with Crippen LogP contribution in [-0.4, -0.2) is 39.6 Å². The normalized spacial score (nSPS) is 22.2. The van der Waals surface area contributed by atoms with Crippen molar-refractivity contribution in [2.75, 3.05) is 18.8 Å². The minimum atomic E-state index is -0.788. The third-order valence-corrected chi connectivity index (χ3v) is 6.37. The predicted molar refractivity (Wildman–Crippen MR) is 94.3 cm³/mol. The van der Waals surface area contributed by atoms with Gasteiger partial charge in [-0.25, -0.2) is 8.78 Å². The van der Waals surface area contributed by atoms with Gasteiger partial charge in [-0.15, -0.1) is 11.8 Å². The van der Waals surface area contributed by atoms with Gasteiger partial charge in [0.2, 0.25) is 0 Å². The molecule has 1 aromatic carbocycles. The van der Waals surface area contributed by atoms with Gasteiger partial charge in [-0.05, 0) is 35.7 Å². The van der Waals surface area contributed by atoms with Gasteiger partial charge in [0.1, 0.15) is 0 Å². The smallest absolute Gasteiger partial charge is 0.159 e. The van der Waals surface area contributed by atoms with E-state index in [1.54, 1.807) is 12.3 Å². The van der Waals surface area contributed by atoms with E-state index in [4.69, 9.17) is 4.74 Å². The Labute approximate surface area is 150 Å². The Morgan fingerprint density at radius 3 is 2.84 bits per heavy atom. The fourth-order valence-electron chi connectivity index (χ4n) is 3.60. The third kappa shape index (κ3) is 3.86. The molecule has 132 valence electrons. The lowest BCUT2D eigenvalue weighted by Crippen LogP contribution is -2.58. The minimum Gasteiger partial charge on any atom is -0.373 e. The molecule has 0 amide bonds. The molecular formula is C19H20F2N2OS. The van der Waals surface area contributed by atoms with Crippen LogP contribution in [0.2, 0.25) is 0 Å². The highest BCUT2D eigenvalue weighted by atomic mass is 32.2. The summed E-state index contributed by atoms with van der Waals surface area (Å²) in [4.78, 5) is 6.39. The molecule has 2 saturated heterocycles. The van der Waals surface area contributed by atoms with E-state index in [0.717, 1.165) is 36.4 Å². The second-order valence-corrected chi connectivity index (χ2v) is 8.37. The molecular weight excluding hydrogens is 342 g/mol. The second-order valence-electron chi connectivity index (χ2n) is 6.89. The number of ether oxygens (including phenoxy) is 1. The summed E-state index contributed by atoms with van der Waals surface area (Å²) in [6.45, 7) is 3.22. The maximum absolute atomic E-state index is 13.3. The van der Waals surface area contributed by atoms with Crippen LogP contribution >= 0.6 is 11.8 Å². The number of benzene rings is 1. The average Bonchev–Trinajstić information content (AvgIpc) is 3.01. The second kappa shape index (κ2) is 7.02. The number of rotatable bonds is 5. The molecule has 2 aliphatic heterocycles. The lowest BCUT2D eigenvalue weighted by atomic mass is 9.92. The zero-order chi connectivity index (χ0) is 17.3. The monoisotopic (exact) mass is 362 g/mol. The first-order chi connectivity index (χ1) is 12.1. The van der Waals surface area contributed by atoms with Crippen molar-refractivity contribution in [3.8, 4) is 0 Å². The van der Waals surface area contributed by atoms with Crippen LogP contribution in [0.5, 0.6) is 0 Å². The number of aromatic nitrogens is 1. The van der Waals surface area contributed by atoms with Crippen LogP contribution in [0.3, 0.4) is 0 Å². The molecule has 0 saturated carbocycles. The molecule has 0 bridgehead atoms. The van der Waals surface area contributed by atoms with Crippen molar-refractivity contribution in [2.24, 2.45) is 0 Å². The molecule has 4 rings (SSSR count). The largest absolute Gasteiger partial charge is 0.373 e. The van der Waals surface area contributed by atoms with Crippen LogP contribution in [-0.2, 0) is 17.9 Å². The topological polar surface area (TPSA) is 25.4 Å². The maximum atomic E-state index is 13.3. The van der Waals surface area contributed by atoms with Crippen LogP contribution in [0.15, 0.2) is 42.7 Å². The van der Waals surface area contributed by atoms with Crippen molar-refractivity contribution in [1.29, 1.82) is 0 Å². The standard InChI is InChI=1S/C19H20F2N2OS/c20-17-4-3-14(6-18(17)21)9-23-12-19(13-23)7-16(11-25-19)24-10-15-2-1-5-22-8-15/h1-6,8,16H,7,9-13H2/t16-/m0/s1. The lowest BCUT2D eigenvalue weighted by Gasteiger charge is -2.47. The summed E-state index contributed by atoms with van der Waals surface area (Å²) < 4.78 is 32.6. The van der Waals surface area contributed by atoms with Crippen molar-refractivity contribution < 1.29 is 13.5 Å². The number of halogens is 2. The molecule has 1 aromatic heterocycles. The molecule has 0 radical (unpaired) electrons. The summed E-state index contributed by atoms with van der Waals surface area (Å²) >= 11 is 1.98. The van der Waals surface area contributed by atoms with Gasteiger partial charge in [-0.2, -0.15) is 0 Å². The lowest BCUT2D eigenvalue weighted by molar-refractivity contribution is 0.0263. The van der Waals surface area contributed by atoms with Crippen molar-refractivity contribution >= 4 is 11.8 Å². The fraction of sp³-hybridized carbons (Fsp3) is 0.421. The Hall–Kier alpha value is -1.50. The number of hydrogen-bond donors (Lipinski definition) is 0. The minimum absolute atomic E-state index is 0.262. The van der Waals surface area contributed by atoms with Crippen molar-refractivity contribution in [1.82, 2.24) is 9.88 Å². The Balaban J connectivity index is 1.25. The summed E-state index contributed by atoms with van der Waals surface area (Å²) in [5, 5.41) is 0. The van der Waals surface area contributed by atoms with Crippen molar-refractivity contribution in [3.05, 3.63) is 65.5 Å². The van der Waals surface area contributed by atoms with Gasteiger partial charge in [0, 0.05) is 42.5 Å². The van der Waals surface area contributed by atoms with Crippen LogP contribution in [0.4, 0.5) is 8.78 Å². The first-order valence-electron chi connectivity index (χ1n) is 8.43. The van der Waals surface area contributed by atoms with Gasteiger partial charge < -0.3 is 4.74 Å². The fourth-order valence-corrected chi connectivity index (χ4v) is 5.21. The molecule has 0 unspecified atom stereocenters. The zero-order valence-corrected chi connectivity index (χ0v) is 14.6. The summed E-state index contributed by atoms with van der Waals surface area (Å²) in [5.74, 6) is -0.546. The zero-order valence-electron chi connectivity index (χ0n) is 13.8. The van der Waals surface area contributed by atoms with E-state index in [-0.39, 0.29) is 10.9 Å². The quantitative estimate of drug-likeness (QED) is 0.811. The molecule has 6 heteroatoms. The van der Waals surface area contributed by atoms with Gasteiger partial charge in [0.15, 0.2) is 11.6 Å². The van der Waals surface area contributed by atoms with Gasteiger partial charge in [-0.1, -0.05) is 12.1 Å². The molecule has 1 spiro atoms. The summed E-state index contributed by atoms with van der Waals surface area (Å²) in [6.07, 6.45) is 4.92. The summed E-state index contributed by atoms with van der Waals surface area (Å²) in [7, 11) is 0. The Bertz CT molecular complexity index is 737. The maximum Gasteiger partial charge on any atom is 0.159 e. The van der Waals surface area contributed by atoms with Gasteiger partial charge in [0.05, 0.1) is 12.7 Å². The highest BCUT2D eigenvalue weighted by molar-refractivity contribution is 8.01. The molecule has 2 aliphatic rings. The summed E-state index contributed by atoms with van der Waals surface area (Å²) in [5.41, 5.74) is 1.92. The first kappa shape index (κ1) is 16.9. The third-order valence-electron chi connectivity index (χ3n) is 4.80. The predicted octanol–water partition coefficient (Wildman–Crippen LogP) is 3.64. The molecule has 3 nitrogen and oxygen atoms in total. The van der Waals surface area contributed by atoms with Crippen LogP contribution in [0.1, 0.15) is 17.5 Å². The highest BCUT2D eigenvalue weighted by Crippen LogP contribution is 2.46. The van der Waals surface area contributed by atoms with Crippen LogP contribution in [0.25, 0.3) is 0 Å². The Morgan fingerprint density at radius 1 is 1.20 bits per heavy atom. The van der Waals surface area contributed by atoms with Crippen LogP contribution in [0, 0.1) is 11.6 Å². The van der Waals surface area contributed by atoms with E-state index < -0.39 is 11.6 Å². The van der Waals surface area contributed by atoms with Gasteiger partial charge >= 0.3 is 0 Å². The number of likely N-dealkylation sites (tertiary alicyclic amines) is 1. The number of hydrogen-bond acceptors (Lipinski definition) is 4. The Kier molecular flexibility index (Phi) is 4.75. The molecule has 3 heterocycles. The van der Waals surface area contributed by atoms with E-state index in [9.17, 15) is 8.78 Å². The van der Waals surface area contributed by atoms with Crippen LogP contribution < -0.4 is 0 Å². The van der Waals surface area contributed by atoms with Gasteiger partial charge in [-0.3, -0.25) is 9.88 Å². The van der Waals surface area contributed by atoms with E-state index in [1.807, 2.05) is 30.1 Å². The molecule has 2 aromatic rings.